The highest BCUT2D eigenvalue weighted by molar-refractivity contribution is 9.10. The van der Waals surface area contributed by atoms with Gasteiger partial charge in [-0.05, 0) is 12.1 Å². The largest absolute Gasteiger partial charge is 0.418 e. The van der Waals surface area contributed by atoms with E-state index in [2.05, 4.69) is 15.9 Å². The average Bonchev–Trinajstić information content (AvgIpc) is 2.14. The minimum atomic E-state index is -4.63. The summed E-state index contributed by atoms with van der Waals surface area (Å²) in [5.41, 5.74) is -1.29. The molecule has 0 bridgehead atoms. The van der Waals surface area contributed by atoms with Crippen LogP contribution in [-0.4, -0.2) is 11.7 Å². The molecule has 0 radical (unpaired) electrons. The van der Waals surface area contributed by atoms with Crippen LogP contribution in [0.2, 0.25) is 5.02 Å². The fourth-order valence-corrected chi connectivity index (χ4v) is 2.29. The van der Waals surface area contributed by atoms with Gasteiger partial charge in [0.05, 0.1) is 16.5 Å². The highest BCUT2D eigenvalue weighted by Gasteiger charge is 2.37. The van der Waals surface area contributed by atoms with Crippen LogP contribution in [0.4, 0.5) is 13.2 Å². The van der Waals surface area contributed by atoms with Gasteiger partial charge in [-0.25, -0.2) is 0 Å². The molecule has 0 heterocycles. The van der Waals surface area contributed by atoms with E-state index in [4.69, 9.17) is 23.2 Å². The Morgan fingerprint density at radius 2 is 1.94 bits per heavy atom. The molecule has 7 heteroatoms. The second kappa shape index (κ2) is 4.94. The summed E-state index contributed by atoms with van der Waals surface area (Å²) in [6.07, 6.45) is -4.63. The molecule has 0 atom stereocenters. The molecule has 1 aromatic carbocycles. The van der Waals surface area contributed by atoms with Crippen molar-refractivity contribution in [3.8, 4) is 0 Å². The lowest BCUT2D eigenvalue weighted by Crippen LogP contribution is -2.11. The van der Waals surface area contributed by atoms with Crippen molar-refractivity contribution in [3.05, 3.63) is 32.8 Å². The Hall–Kier alpha value is -0.260. The molecule has 0 amide bonds. The van der Waals surface area contributed by atoms with E-state index < -0.39 is 28.4 Å². The van der Waals surface area contributed by atoms with Crippen LogP contribution in [0.3, 0.4) is 0 Å². The Bertz CT molecular complexity index is 431. The second-order valence-corrected chi connectivity index (χ2v) is 4.34. The maximum absolute atomic E-state index is 12.6. The molecule has 1 aromatic rings. The van der Waals surface area contributed by atoms with Crippen molar-refractivity contribution in [2.24, 2.45) is 0 Å². The molecule has 0 aliphatic carbocycles. The first-order valence-corrected chi connectivity index (χ1v) is 5.64. The number of Topliss-reactive ketones (excluding diaryl/α,β-unsaturated/α-hetero) is 1. The normalized spacial score (nSPS) is 11.6. The predicted octanol–water partition coefficient (Wildman–Crippen LogP) is 4.54. The van der Waals surface area contributed by atoms with Crippen LogP contribution in [0.25, 0.3) is 0 Å². The van der Waals surface area contributed by atoms with Gasteiger partial charge in [0.25, 0.3) is 0 Å². The summed E-state index contributed by atoms with van der Waals surface area (Å²) in [4.78, 5) is 11.2. The highest BCUT2D eigenvalue weighted by Crippen LogP contribution is 2.41. The number of hydrogen-bond donors (Lipinski definition) is 0. The van der Waals surface area contributed by atoms with Crippen molar-refractivity contribution in [1.29, 1.82) is 0 Å². The maximum Gasteiger partial charge on any atom is 0.418 e. The number of hydrogen-bond acceptors (Lipinski definition) is 1. The number of carbonyl (C=O) groups excluding carboxylic acids is 1. The molecular formula is C9H4BrCl2F3O. The minimum Gasteiger partial charge on any atom is -0.293 e. The first-order valence-electron chi connectivity index (χ1n) is 3.93. The lowest BCUT2D eigenvalue weighted by Gasteiger charge is -2.13. The van der Waals surface area contributed by atoms with E-state index >= 15 is 0 Å². The van der Waals surface area contributed by atoms with Crippen LogP contribution >= 0.6 is 39.1 Å². The SMILES string of the molecule is O=C(CCl)c1ccc(Br)c(C(F)(F)F)c1Cl. The molecule has 1 nitrogen and oxygen atoms in total. The Balaban J connectivity index is 3.45. The zero-order chi connectivity index (χ0) is 12.5. The fourth-order valence-electron chi connectivity index (χ4n) is 1.10. The fraction of sp³-hybridized carbons (Fsp3) is 0.222. The number of carbonyl (C=O) groups is 1. The molecule has 0 saturated carbocycles. The lowest BCUT2D eigenvalue weighted by atomic mass is 10.1. The van der Waals surface area contributed by atoms with Crippen molar-refractivity contribution in [2.45, 2.75) is 6.18 Å². The highest BCUT2D eigenvalue weighted by atomic mass is 79.9. The van der Waals surface area contributed by atoms with Crippen molar-refractivity contribution in [2.75, 3.05) is 5.88 Å². The summed E-state index contributed by atoms with van der Waals surface area (Å²) in [5, 5.41) is -0.632. The van der Waals surface area contributed by atoms with E-state index in [-0.39, 0.29) is 10.0 Å². The standard InChI is InChI=1S/C9H4BrCl2F3O/c10-5-2-1-4(6(16)3-11)8(12)7(5)9(13,14)15/h1-2H,3H2. The lowest BCUT2D eigenvalue weighted by molar-refractivity contribution is -0.138. The maximum atomic E-state index is 12.6. The summed E-state index contributed by atoms with van der Waals surface area (Å²) in [6.45, 7) is 0. The number of benzene rings is 1. The zero-order valence-corrected chi connectivity index (χ0v) is 10.6. The molecule has 0 unspecified atom stereocenters. The monoisotopic (exact) mass is 334 g/mol. The number of halogens is 6. The number of alkyl halides is 4. The van der Waals surface area contributed by atoms with Gasteiger partial charge < -0.3 is 0 Å². The predicted molar refractivity (Wildman–Crippen MR) is 59.2 cm³/mol. The molecule has 88 valence electrons. The molecule has 0 aliphatic heterocycles. The van der Waals surface area contributed by atoms with Gasteiger partial charge in [-0.15, -0.1) is 11.6 Å². The molecule has 0 saturated heterocycles. The van der Waals surface area contributed by atoms with E-state index in [1.165, 1.54) is 6.07 Å². The first-order chi connectivity index (χ1) is 7.29. The van der Waals surface area contributed by atoms with Crippen LogP contribution in [0.15, 0.2) is 16.6 Å². The molecule has 0 aliphatic rings. The summed E-state index contributed by atoms with van der Waals surface area (Å²) >= 11 is 13.5. The van der Waals surface area contributed by atoms with E-state index in [0.717, 1.165) is 6.07 Å². The molecular weight excluding hydrogens is 332 g/mol. The van der Waals surface area contributed by atoms with Gasteiger partial charge in [0.2, 0.25) is 0 Å². The summed E-state index contributed by atoms with van der Waals surface area (Å²) in [5.74, 6) is -1.07. The smallest absolute Gasteiger partial charge is 0.293 e. The molecule has 0 aromatic heterocycles. The van der Waals surface area contributed by atoms with Gasteiger partial charge in [-0.3, -0.25) is 4.79 Å². The molecule has 0 fully saturated rings. The van der Waals surface area contributed by atoms with Crippen LogP contribution in [0, 0.1) is 0 Å². The van der Waals surface area contributed by atoms with Gasteiger partial charge in [-0.2, -0.15) is 13.2 Å². The van der Waals surface area contributed by atoms with Crippen LogP contribution in [0.5, 0.6) is 0 Å². The van der Waals surface area contributed by atoms with Gasteiger partial charge in [0.1, 0.15) is 0 Å². The second-order valence-electron chi connectivity index (χ2n) is 2.84. The third-order valence-corrected chi connectivity index (χ3v) is 3.09. The average molecular weight is 336 g/mol. The Morgan fingerprint density at radius 1 is 1.38 bits per heavy atom. The van der Waals surface area contributed by atoms with Crippen molar-refractivity contribution in [3.63, 3.8) is 0 Å². The van der Waals surface area contributed by atoms with Crippen molar-refractivity contribution in [1.82, 2.24) is 0 Å². The minimum absolute atomic E-state index is 0.212. The van der Waals surface area contributed by atoms with E-state index in [0.29, 0.717) is 0 Å². The van der Waals surface area contributed by atoms with Gasteiger partial charge in [0, 0.05) is 10.0 Å². The Labute approximate surface area is 108 Å². The number of rotatable bonds is 2. The number of ketones is 1. The van der Waals surface area contributed by atoms with Gasteiger partial charge in [-0.1, -0.05) is 27.5 Å². The Kier molecular flexibility index (Phi) is 4.26. The molecule has 0 spiro atoms. The van der Waals surface area contributed by atoms with Crippen molar-refractivity contribution >= 4 is 44.9 Å². The Morgan fingerprint density at radius 3 is 2.38 bits per heavy atom. The van der Waals surface area contributed by atoms with Crippen molar-refractivity contribution < 1.29 is 18.0 Å². The third kappa shape index (κ3) is 2.70. The van der Waals surface area contributed by atoms with Crippen LogP contribution in [-0.2, 0) is 6.18 Å². The summed E-state index contributed by atoms with van der Waals surface area (Å²) < 4.78 is 37.6. The van der Waals surface area contributed by atoms with E-state index in [9.17, 15) is 18.0 Å². The van der Waals surface area contributed by atoms with E-state index in [1.54, 1.807) is 0 Å². The van der Waals surface area contributed by atoms with E-state index in [1.807, 2.05) is 0 Å². The summed E-state index contributed by atoms with van der Waals surface area (Å²) in [7, 11) is 0. The molecule has 0 N–H and O–H groups in total. The molecule has 16 heavy (non-hydrogen) atoms. The topological polar surface area (TPSA) is 17.1 Å². The van der Waals surface area contributed by atoms with Gasteiger partial charge >= 0.3 is 6.18 Å². The first kappa shape index (κ1) is 13.8. The quantitative estimate of drug-likeness (QED) is 0.572. The zero-order valence-electron chi connectivity index (χ0n) is 7.54. The molecule has 1 rings (SSSR count). The summed E-state index contributed by atoms with van der Waals surface area (Å²) in [6, 6.07) is 2.32. The third-order valence-electron chi connectivity index (χ3n) is 1.80. The van der Waals surface area contributed by atoms with Crippen LogP contribution in [0.1, 0.15) is 15.9 Å². The van der Waals surface area contributed by atoms with Gasteiger partial charge in [0.15, 0.2) is 5.78 Å². The van der Waals surface area contributed by atoms with Crippen LogP contribution < -0.4 is 0 Å².